The van der Waals surface area contributed by atoms with Crippen molar-refractivity contribution in [1.82, 2.24) is 5.32 Å². The van der Waals surface area contributed by atoms with E-state index in [4.69, 9.17) is 34.2 Å². The smallest absolute Gasteiger partial charge is 0.333 e. The van der Waals surface area contributed by atoms with Gasteiger partial charge in [0, 0.05) is 40.9 Å². The third kappa shape index (κ3) is 6.58. The summed E-state index contributed by atoms with van der Waals surface area (Å²) >= 11 is 0. The van der Waals surface area contributed by atoms with E-state index in [1.165, 1.54) is 7.11 Å². The topological polar surface area (TPSA) is 232 Å². The SMILES string of the molecule is COC(=O)/C(C)=C\CC12OC(C)(C)C3CC(C1=O)C1C(C#N)=C(N)NC4=C1C32Oc1c(CC=C(C)C)c2c(c(O[C@@H]3O[C@H](CO)[C@@H](O)[C@H](O)[C@H]3O)c14)C=CC(C)(CCC=C(C)C)O2. The zero-order valence-corrected chi connectivity index (χ0v) is 37.3. The number of nitrogens with one attached hydrogen (secondary N) is 1. The van der Waals surface area contributed by atoms with Gasteiger partial charge in [-0.1, -0.05) is 29.4 Å². The molecule has 0 radical (unpaired) electrons. The predicted molar refractivity (Wildman–Crippen MR) is 229 cm³/mol. The maximum Gasteiger partial charge on any atom is 0.333 e. The predicted octanol–water partition coefficient (Wildman–Crippen LogP) is 4.32. The summed E-state index contributed by atoms with van der Waals surface area (Å²) in [5.41, 5.74) is 6.71. The van der Waals surface area contributed by atoms with Crippen LogP contribution in [0.5, 0.6) is 17.2 Å². The molecule has 1 aromatic rings. The van der Waals surface area contributed by atoms with Crippen LogP contribution in [-0.2, 0) is 30.2 Å². The molecule has 338 valence electrons. The van der Waals surface area contributed by atoms with E-state index in [1.807, 2.05) is 66.7 Å². The third-order valence-electron chi connectivity index (χ3n) is 14.1. The minimum absolute atomic E-state index is 0.0357. The summed E-state index contributed by atoms with van der Waals surface area (Å²) in [6, 6.07) is 2.29. The number of carbonyl (C=O) groups is 2. The molecule has 0 aromatic heterocycles. The van der Waals surface area contributed by atoms with Gasteiger partial charge in [-0.25, -0.2) is 4.79 Å². The van der Waals surface area contributed by atoms with Crippen LogP contribution in [0.4, 0.5) is 0 Å². The van der Waals surface area contributed by atoms with Crippen LogP contribution in [-0.4, -0.2) is 99.0 Å². The standard InChI is InChI=1S/C48H59N3O12/c1-22(2)11-10-16-46(8)17-15-26-38(61-46)25(13-12-23(3)4)40-32(39(26)60-44-37(55)36(54)35(53)29(21-52)59-44)34-33-31(28(20-49)42(50)51-34)27-19-30-45(6,7)63-47(41(27)56,48(30,33)62-40)18-14-24(5)43(57)58-9/h11-12,14-15,17,27,29-31,35-37,44,51-55H,10,13,16,18-19,21,50H2,1-9H3/b24-14-/t27?,29-,30?,31?,35-,36+,37-,44+,46?,47?,48?/m1/s1. The summed E-state index contributed by atoms with van der Waals surface area (Å²) in [5.74, 6) is -2.10. The monoisotopic (exact) mass is 869 g/mol. The number of nitriles is 1. The normalized spacial score (nSPS) is 35.3. The molecule has 5 aliphatic heterocycles. The molecule has 5 fully saturated rings. The molecule has 5 heterocycles. The maximum absolute atomic E-state index is 15.4. The van der Waals surface area contributed by atoms with Crippen molar-refractivity contribution in [1.29, 1.82) is 5.26 Å². The van der Waals surface area contributed by atoms with Crippen molar-refractivity contribution in [2.24, 2.45) is 23.5 Å². The van der Waals surface area contributed by atoms with E-state index in [0.717, 1.165) is 11.1 Å². The molecule has 4 bridgehead atoms. The molecule has 0 amide bonds. The number of aliphatic hydroxyl groups excluding tert-OH is 4. The van der Waals surface area contributed by atoms with E-state index < -0.39 is 83.4 Å². The van der Waals surface area contributed by atoms with Gasteiger partial charge >= 0.3 is 5.97 Å². The fourth-order valence-electron chi connectivity index (χ4n) is 11.1. The Balaban J connectivity index is 1.46. The van der Waals surface area contributed by atoms with Gasteiger partial charge < -0.3 is 59.9 Å². The number of ketones is 1. The van der Waals surface area contributed by atoms with E-state index in [9.17, 15) is 30.5 Å². The molecule has 63 heavy (non-hydrogen) atoms. The third-order valence-corrected chi connectivity index (χ3v) is 14.1. The molecule has 7 N–H and O–H groups in total. The van der Waals surface area contributed by atoms with Gasteiger partial charge in [-0.15, -0.1) is 0 Å². The van der Waals surface area contributed by atoms with Crippen molar-refractivity contribution in [2.75, 3.05) is 13.7 Å². The van der Waals surface area contributed by atoms with Crippen LogP contribution in [0.25, 0.3) is 11.8 Å². The highest BCUT2D eigenvalue weighted by molar-refractivity contribution is 6.02. The highest BCUT2D eigenvalue weighted by atomic mass is 16.7. The van der Waals surface area contributed by atoms with Crippen LogP contribution < -0.4 is 25.3 Å². The van der Waals surface area contributed by atoms with E-state index >= 15 is 4.79 Å². The highest BCUT2D eigenvalue weighted by Crippen LogP contribution is 2.73. The Morgan fingerprint density at radius 3 is 2.40 bits per heavy atom. The van der Waals surface area contributed by atoms with Crippen LogP contribution in [0, 0.1) is 29.1 Å². The lowest BCUT2D eigenvalue weighted by atomic mass is 9.45. The lowest BCUT2D eigenvalue weighted by Crippen LogP contribution is -2.75. The quantitative estimate of drug-likeness (QED) is 0.103. The lowest BCUT2D eigenvalue weighted by molar-refractivity contribution is -0.277. The number of dihydropyridines is 1. The zero-order chi connectivity index (χ0) is 45.7. The lowest BCUT2D eigenvalue weighted by Gasteiger charge is -2.62. The molecule has 15 heteroatoms. The maximum atomic E-state index is 15.4. The number of hydrogen-bond acceptors (Lipinski definition) is 15. The first-order valence-electron chi connectivity index (χ1n) is 21.7. The Bertz CT molecular complexity index is 2380. The Morgan fingerprint density at radius 2 is 1.75 bits per heavy atom. The van der Waals surface area contributed by atoms with E-state index in [1.54, 1.807) is 13.0 Å². The van der Waals surface area contributed by atoms with Gasteiger partial charge in [-0.3, -0.25) is 4.79 Å². The van der Waals surface area contributed by atoms with Gasteiger partial charge in [-0.05, 0) is 93.2 Å². The zero-order valence-electron chi connectivity index (χ0n) is 37.3. The number of rotatable bonds is 11. The number of Topliss-reactive ketones (excluding diaryl/α,β-unsaturated/α-hetero) is 1. The number of esters is 1. The number of nitrogens with zero attached hydrogens (tertiary/aromatic N) is 1. The Labute approximate surface area is 367 Å². The number of hydrogen-bond donors (Lipinski definition) is 6. The number of nitrogens with two attached hydrogens (primary N) is 1. The van der Waals surface area contributed by atoms with Gasteiger partial charge in [0.2, 0.25) is 6.29 Å². The fourth-order valence-corrected chi connectivity index (χ4v) is 11.1. The molecule has 2 saturated heterocycles. The average Bonchev–Trinajstić information content (AvgIpc) is 3.37. The second-order valence-corrected chi connectivity index (χ2v) is 19.2. The minimum atomic E-state index is -1.78. The molecule has 1 aromatic carbocycles. The number of methoxy groups -OCH3 is 1. The molecule has 6 unspecified atom stereocenters. The van der Waals surface area contributed by atoms with Crippen molar-refractivity contribution in [2.45, 2.75) is 141 Å². The molecular weight excluding hydrogens is 811 g/mol. The summed E-state index contributed by atoms with van der Waals surface area (Å²) in [5, 5.41) is 57.4. The highest BCUT2D eigenvalue weighted by Gasteiger charge is 2.84. The summed E-state index contributed by atoms with van der Waals surface area (Å²) in [4.78, 5) is 28.2. The van der Waals surface area contributed by atoms with E-state index in [0.29, 0.717) is 59.4 Å². The molecular formula is C48H59N3O12. The molecule has 8 aliphatic rings. The second-order valence-electron chi connectivity index (χ2n) is 19.2. The molecule has 3 aliphatic carbocycles. The molecule has 15 nitrogen and oxygen atoms in total. The molecule has 3 saturated carbocycles. The first-order chi connectivity index (χ1) is 29.7. The Morgan fingerprint density at radius 1 is 1.03 bits per heavy atom. The van der Waals surface area contributed by atoms with Gasteiger partial charge in [0.05, 0.1) is 47.8 Å². The minimum Gasteiger partial charge on any atom is -0.482 e. The number of ether oxygens (including phenoxy) is 6. The molecule has 1 spiro atoms. The van der Waals surface area contributed by atoms with Gasteiger partial charge in [0.25, 0.3) is 0 Å². The van der Waals surface area contributed by atoms with Crippen LogP contribution >= 0.6 is 0 Å². The average molecular weight is 870 g/mol. The summed E-state index contributed by atoms with van der Waals surface area (Å²) in [7, 11) is 1.29. The van der Waals surface area contributed by atoms with E-state index in [2.05, 4.69) is 17.5 Å². The summed E-state index contributed by atoms with van der Waals surface area (Å²) in [6.45, 7) is 14.8. The van der Waals surface area contributed by atoms with Crippen molar-refractivity contribution >= 4 is 23.5 Å². The largest absolute Gasteiger partial charge is 0.482 e. The Hall–Kier alpha value is -4.95. The van der Waals surface area contributed by atoms with Crippen molar-refractivity contribution in [3.05, 3.63) is 74.7 Å². The van der Waals surface area contributed by atoms with Crippen LogP contribution in [0.15, 0.2) is 58.0 Å². The Kier molecular flexibility index (Phi) is 11.1. The number of fused-ring (bicyclic) bond motifs is 3. The molecule has 11 atom stereocenters. The number of aliphatic hydroxyl groups is 4. The summed E-state index contributed by atoms with van der Waals surface area (Å²) in [6.07, 6.45) is 3.44. The number of benzene rings is 1. The van der Waals surface area contributed by atoms with Gasteiger partial charge in [0.1, 0.15) is 53.1 Å². The summed E-state index contributed by atoms with van der Waals surface area (Å²) < 4.78 is 39.6. The second kappa shape index (κ2) is 15.6. The number of carbonyl (C=O) groups excluding carboxylic acids is 2. The van der Waals surface area contributed by atoms with Crippen molar-refractivity contribution < 1.29 is 58.4 Å². The van der Waals surface area contributed by atoms with Crippen molar-refractivity contribution in [3.8, 4) is 23.3 Å². The fraction of sp³-hybridized carbons (Fsp3) is 0.562. The molecule has 9 rings (SSSR count). The van der Waals surface area contributed by atoms with Crippen LogP contribution in [0.2, 0.25) is 0 Å². The van der Waals surface area contributed by atoms with Gasteiger partial charge in [0.15, 0.2) is 17.0 Å². The van der Waals surface area contributed by atoms with Crippen LogP contribution in [0.3, 0.4) is 0 Å². The van der Waals surface area contributed by atoms with Gasteiger partial charge in [-0.2, -0.15) is 5.26 Å². The van der Waals surface area contributed by atoms with Crippen LogP contribution in [0.1, 0.15) is 97.8 Å². The van der Waals surface area contributed by atoms with Crippen molar-refractivity contribution in [3.63, 3.8) is 0 Å². The first kappa shape index (κ1) is 44.6. The number of allylic oxidation sites excluding steroid dienone is 5. The van der Waals surface area contributed by atoms with E-state index in [-0.39, 0.29) is 40.7 Å². The first-order valence-corrected chi connectivity index (χ1v) is 21.7.